The molecule has 1 saturated carbocycles. The topological polar surface area (TPSA) is 80.4 Å². The minimum absolute atomic E-state index is 0.0243. The Morgan fingerprint density at radius 1 is 1.00 bits per heavy atom. The molecule has 194 valence electrons. The number of amides is 1. The van der Waals surface area contributed by atoms with Gasteiger partial charge in [-0.1, -0.05) is 85.6 Å². The van der Waals surface area contributed by atoms with Gasteiger partial charge in [-0.05, 0) is 35.1 Å². The molecule has 0 aromatic heterocycles. The molecule has 7 nitrogen and oxygen atoms in total. The first kappa shape index (κ1) is 25.5. The van der Waals surface area contributed by atoms with Crippen LogP contribution in [0.15, 0.2) is 72.8 Å². The van der Waals surface area contributed by atoms with Crippen molar-refractivity contribution in [2.24, 2.45) is 0 Å². The van der Waals surface area contributed by atoms with E-state index in [0.717, 1.165) is 42.4 Å². The van der Waals surface area contributed by atoms with Gasteiger partial charge in [-0.15, -0.1) is 0 Å². The van der Waals surface area contributed by atoms with Crippen molar-refractivity contribution < 1.29 is 24.2 Å². The second kappa shape index (κ2) is 11.5. The van der Waals surface area contributed by atoms with Gasteiger partial charge in [0.2, 0.25) is 5.69 Å². The standard InChI is InChI=1S/C31H30N2O5/c1-32-26-17-16-23-19-33(30(34)28(22-12-6-3-7-13-22)38-24-14-8-9-15-24)27(31(35)36)18-25(23)29(26)37-20-21-10-4-2-5-11-21/h2-7,10-13,16-17,24,27-28H,8-9,14-15,18-20H2,(H,35,36). The van der Waals surface area contributed by atoms with E-state index in [-0.39, 0.29) is 31.6 Å². The maximum Gasteiger partial charge on any atom is 0.326 e. The largest absolute Gasteiger partial charge is 0.500 e. The van der Waals surface area contributed by atoms with Crippen LogP contribution in [0.2, 0.25) is 0 Å². The van der Waals surface area contributed by atoms with E-state index in [1.807, 2.05) is 60.7 Å². The highest BCUT2D eigenvalue weighted by Gasteiger charge is 2.40. The Morgan fingerprint density at radius 2 is 1.68 bits per heavy atom. The Bertz CT molecular complexity index is 1330. The Kier molecular flexibility index (Phi) is 7.71. The zero-order valence-corrected chi connectivity index (χ0v) is 21.1. The number of hydrogen-bond donors (Lipinski definition) is 1. The highest BCUT2D eigenvalue weighted by molar-refractivity contribution is 5.88. The number of carbonyl (C=O) groups excluding carboxylic acids is 1. The number of ether oxygens (including phenoxy) is 2. The molecule has 1 aliphatic carbocycles. The van der Waals surface area contributed by atoms with Gasteiger partial charge in [-0.2, -0.15) is 0 Å². The van der Waals surface area contributed by atoms with Crippen molar-refractivity contribution in [1.29, 1.82) is 0 Å². The summed E-state index contributed by atoms with van der Waals surface area (Å²) in [6, 6.07) is 21.3. The summed E-state index contributed by atoms with van der Waals surface area (Å²) in [5.74, 6) is -1.07. The van der Waals surface area contributed by atoms with Gasteiger partial charge in [0, 0.05) is 13.0 Å². The summed E-state index contributed by atoms with van der Waals surface area (Å²) < 4.78 is 12.4. The summed E-state index contributed by atoms with van der Waals surface area (Å²) in [7, 11) is 0. The summed E-state index contributed by atoms with van der Waals surface area (Å²) in [6.07, 6.45) is 3.05. The van der Waals surface area contributed by atoms with E-state index in [0.29, 0.717) is 17.0 Å². The molecule has 3 aromatic rings. The number of carboxylic acid groups (broad SMARTS) is 1. The number of carbonyl (C=O) groups is 2. The molecule has 3 aromatic carbocycles. The molecule has 7 heteroatoms. The molecule has 2 aliphatic rings. The van der Waals surface area contributed by atoms with E-state index in [1.54, 1.807) is 12.1 Å². The molecule has 2 atom stereocenters. The molecule has 2 unspecified atom stereocenters. The Hall–Kier alpha value is -4.15. The first-order chi connectivity index (χ1) is 18.5. The molecule has 0 bridgehead atoms. The predicted octanol–water partition coefficient (Wildman–Crippen LogP) is 5.85. The van der Waals surface area contributed by atoms with Crippen molar-refractivity contribution in [1.82, 2.24) is 4.90 Å². The molecule has 0 spiro atoms. The number of aliphatic carboxylic acids is 1. The van der Waals surface area contributed by atoms with Gasteiger partial charge in [0.15, 0.2) is 6.10 Å². The lowest BCUT2D eigenvalue weighted by Crippen LogP contribution is -2.50. The van der Waals surface area contributed by atoms with Crippen LogP contribution < -0.4 is 4.74 Å². The number of rotatable bonds is 8. The SMILES string of the molecule is [C-]#[N+]c1ccc2c(c1OCc1ccccc1)CC(C(=O)O)N(C(=O)C(OC1CCCC1)c1ccccc1)C2. The minimum atomic E-state index is -1.10. The number of nitrogens with zero attached hydrogens (tertiary/aromatic N) is 2. The van der Waals surface area contributed by atoms with E-state index in [2.05, 4.69) is 4.85 Å². The number of hydrogen-bond acceptors (Lipinski definition) is 4. The molecule has 0 radical (unpaired) electrons. The fraction of sp³-hybridized carbons (Fsp3) is 0.323. The highest BCUT2D eigenvalue weighted by atomic mass is 16.5. The second-order valence-corrected chi connectivity index (χ2v) is 9.80. The summed E-state index contributed by atoms with van der Waals surface area (Å²) in [5, 5.41) is 10.2. The van der Waals surface area contributed by atoms with E-state index < -0.39 is 18.1 Å². The molecule has 1 N–H and O–H groups in total. The van der Waals surface area contributed by atoms with Gasteiger partial charge >= 0.3 is 5.97 Å². The van der Waals surface area contributed by atoms with Gasteiger partial charge in [-0.25, -0.2) is 9.64 Å². The van der Waals surface area contributed by atoms with E-state index >= 15 is 0 Å². The monoisotopic (exact) mass is 510 g/mol. The quantitative estimate of drug-likeness (QED) is 0.384. The molecule has 1 amide bonds. The minimum Gasteiger partial charge on any atom is -0.500 e. The lowest BCUT2D eigenvalue weighted by Gasteiger charge is -2.38. The Balaban J connectivity index is 1.46. The van der Waals surface area contributed by atoms with Gasteiger partial charge in [-0.3, -0.25) is 4.79 Å². The maximum absolute atomic E-state index is 14.0. The lowest BCUT2D eigenvalue weighted by molar-refractivity contribution is -0.160. The van der Waals surface area contributed by atoms with Crippen LogP contribution in [-0.4, -0.2) is 34.0 Å². The van der Waals surface area contributed by atoms with E-state index in [1.165, 1.54) is 4.90 Å². The van der Waals surface area contributed by atoms with E-state index in [4.69, 9.17) is 16.0 Å². The van der Waals surface area contributed by atoms with Crippen molar-refractivity contribution in [2.75, 3.05) is 0 Å². The van der Waals surface area contributed by atoms with Gasteiger partial charge in [0.05, 0.1) is 12.7 Å². The number of benzene rings is 3. The van der Waals surface area contributed by atoms with Gasteiger partial charge in [0.25, 0.3) is 5.91 Å². The molecule has 38 heavy (non-hydrogen) atoms. The van der Waals surface area contributed by atoms with Crippen LogP contribution in [0.4, 0.5) is 5.69 Å². The summed E-state index contributed by atoms with van der Waals surface area (Å²) in [4.78, 5) is 31.5. The average Bonchev–Trinajstić information content (AvgIpc) is 3.48. The van der Waals surface area contributed by atoms with Crippen LogP contribution in [-0.2, 0) is 33.9 Å². The summed E-state index contributed by atoms with van der Waals surface area (Å²) in [6.45, 7) is 7.99. The van der Waals surface area contributed by atoms with Crippen LogP contribution in [0.25, 0.3) is 4.85 Å². The first-order valence-electron chi connectivity index (χ1n) is 13.0. The third-order valence-corrected chi connectivity index (χ3v) is 7.32. The zero-order chi connectivity index (χ0) is 26.5. The zero-order valence-electron chi connectivity index (χ0n) is 21.1. The van der Waals surface area contributed by atoms with E-state index in [9.17, 15) is 14.7 Å². The third kappa shape index (κ3) is 5.41. The first-order valence-corrected chi connectivity index (χ1v) is 13.0. The third-order valence-electron chi connectivity index (χ3n) is 7.32. The van der Waals surface area contributed by atoms with Crippen LogP contribution in [0.5, 0.6) is 5.75 Å². The van der Waals surface area contributed by atoms with Gasteiger partial charge in [0.1, 0.15) is 18.4 Å². The van der Waals surface area contributed by atoms with Crippen molar-refractivity contribution in [3.63, 3.8) is 0 Å². The Labute approximate surface area is 222 Å². The highest BCUT2D eigenvalue weighted by Crippen LogP contribution is 2.40. The normalized spacial score (nSPS) is 17.9. The predicted molar refractivity (Wildman–Crippen MR) is 142 cm³/mol. The molecule has 1 fully saturated rings. The van der Waals surface area contributed by atoms with Crippen LogP contribution in [0, 0.1) is 6.57 Å². The smallest absolute Gasteiger partial charge is 0.326 e. The van der Waals surface area contributed by atoms with Crippen molar-refractivity contribution >= 4 is 17.6 Å². The molecule has 5 rings (SSSR count). The van der Waals surface area contributed by atoms with Crippen LogP contribution in [0.1, 0.15) is 54.0 Å². The summed E-state index contributed by atoms with van der Waals surface area (Å²) >= 11 is 0. The van der Waals surface area contributed by atoms with Crippen LogP contribution in [0.3, 0.4) is 0 Å². The van der Waals surface area contributed by atoms with Gasteiger partial charge < -0.3 is 19.5 Å². The fourth-order valence-electron chi connectivity index (χ4n) is 5.33. The second-order valence-electron chi connectivity index (χ2n) is 9.80. The van der Waals surface area contributed by atoms with Crippen LogP contribution >= 0.6 is 0 Å². The molecule has 1 heterocycles. The lowest BCUT2D eigenvalue weighted by atomic mass is 9.91. The molecule has 1 aliphatic heterocycles. The number of carboxylic acids is 1. The molecular formula is C31H30N2O5. The number of fused-ring (bicyclic) bond motifs is 1. The Morgan fingerprint density at radius 3 is 2.34 bits per heavy atom. The van der Waals surface area contributed by atoms with Crippen molar-refractivity contribution in [3.8, 4) is 5.75 Å². The summed E-state index contributed by atoms with van der Waals surface area (Å²) in [5.41, 5.74) is 3.43. The maximum atomic E-state index is 14.0. The molecule has 0 saturated heterocycles. The van der Waals surface area contributed by atoms with Crippen molar-refractivity contribution in [3.05, 3.63) is 106 Å². The fourth-order valence-corrected chi connectivity index (χ4v) is 5.33. The molecular weight excluding hydrogens is 480 g/mol. The van der Waals surface area contributed by atoms with Crippen molar-refractivity contribution in [2.45, 2.75) is 63.5 Å². The average molecular weight is 511 g/mol.